The van der Waals surface area contributed by atoms with E-state index in [1.54, 1.807) is 12.1 Å². The van der Waals surface area contributed by atoms with Gasteiger partial charge < -0.3 is 10.1 Å². The highest BCUT2D eigenvalue weighted by atomic mass is 19.1. The van der Waals surface area contributed by atoms with Gasteiger partial charge in [-0.05, 0) is 35.6 Å². The van der Waals surface area contributed by atoms with Crippen molar-refractivity contribution in [1.82, 2.24) is 5.32 Å². The Morgan fingerprint density at radius 2 is 1.76 bits per heavy atom. The first kappa shape index (κ1) is 17.0. The van der Waals surface area contributed by atoms with Gasteiger partial charge in [-0.2, -0.15) is 0 Å². The third-order valence-corrected chi connectivity index (χ3v) is 4.06. The molecule has 0 aliphatic heterocycles. The number of rotatable bonds is 6. The van der Waals surface area contributed by atoms with Crippen LogP contribution in [0.4, 0.5) is 4.39 Å². The number of nitrogens with one attached hydrogen (secondary N) is 1. The maximum atomic E-state index is 12.9. The van der Waals surface area contributed by atoms with Crippen LogP contribution in [0, 0.1) is 5.82 Å². The number of halogens is 1. The summed E-state index contributed by atoms with van der Waals surface area (Å²) in [5, 5.41) is 4.90. The normalized spacial score (nSPS) is 11.9. The van der Waals surface area contributed by atoms with Gasteiger partial charge in [-0.1, -0.05) is 55.5 Å². The van der Waals surface area contributed by atoms with E-state index < -0.39 is 6.10 Å². The summed E-state index contributed by atoms with van der Waals surface area (Å²) in [6.07, 6.45) is -0.0235. The summed E-state index contributed by atoms with van der Waals surface area (Å²) in [6.45, 7) is 2.25. The molecule has 0 aromatic heterocycles. The minimum Gasteiger partial charge on any atom is -0.480 e. The zero-order chi connectivity index (χ0) is 17.6. The van der Waals surface area contributed by atoms with E-state index in [1.165, 1.54) is 12.1 Å². The molecule has 0 saturated carbocycles. The van der Waals surface area contributed by atoms with Crippen molar-refractivity contribution in [3.63, 3.8) is 0 Å². The van der Waals surface area contributed by atoms with E-state index in [4.69, 9.17) is 4.74 Å². The van der Waals surface area contributed by atoms with E-state index in [1.807, 2.05) is 49.4 Å². The molecule has 3 rings (SSSR count). The zero-order valence-electron chi connectivity index (χ0n) is 14.0. The molecule has 0 aliphatic carbocycles. The summed E-state index contributed by atoms with van der Waals surface area (Å²) in [7, 11) is 0. The molecule has 0 radical (unpaired) electrons. The van der Waals surface area contributed by atoms with Gasteiger partial charge in [0.05, 0.1) is 0 Å². The second kappa shape index (κ2) is 7.79. The van der Waals surface area contributed by atoms with E-state index in [-0.39, 0.29) is 11.7 Å². The lowest BCUT2D eigenvalue weighted by Gasteiger charge is -2.18. The lowest BCUT2D eigenvalue weighted by atomic mass is 10.1. The third kappa shape index (κ3) is 4.15. The topological polar surface area (TPSA) is 38.3 Å². The van der Waals surface area contributed by atoms with Crippen molar-refractivity contribution in [1.29, 1.82) is 0 Å². The smallest absolute Gasteiger partial charge is 0.261 e. The van der Waals surface area contributed by atoms with E-state index in [9.17, 15) is 9.18 Å². The van der Waals surface area contributed by atoms with Crippen LogP contribution in [-0.2, 0) is 11.3 Å². The second-order valence-corrected chi connectivity index (χ2v) is 5.84. The standard InChI is InChI=1S/C21H20FNO2/c1-2-19(21(24)23-14-15-10-12-17(22)13-11-15)25-20-9-5-7-16-6-3-4-8-18(16)20/h3-13,19H,2,14H2,1H3,(H,23,24)/t19-/m1/s1. The lowest BCUT2D eigenvalue weighted by molar-refractivity contribution is -0.128. The summed E-state index contributed by atoms with van der Waals surface area (Å²) in [5.41, 5.74) is 0.842. The molecule has 0 heterocycles. The summed E-state index contributed by atoms with van der Waals surface area (Å²) in [5.74, 6) is 0.224. The molecule has 1 N–H and O–H groups in total. The molecule has 0 spiro atoms. The summed E-state index contributed by atoms with van der Waals surface area (Å²) in [4.78, 5) is 12.4. The number of hydrogen-bond donors (Lipinski definition) is 1. The van der Waals surface area contributed by atoms with Crippen LogP contribution in [0.25, 0.3) is 10.8 Å². The van der Waals surface area contributed by atoms with E-state index in [2.05, 4.69) is 5.32 Å². The van der Waals surface area contributed by atoms with Crippen LogP contribution in [0.1, 0.15) is 18.9 Å². The minimum absolute atomic E-state index is 0.181. The summed E-state index contributed by atoms with van der Waals surface area (Å²) < 4.78 is 18.9. The molecule has 0 unspecified atom stereocenters. The molecule has 0 fully saturated rings. The lowest BCUT2D eigenvalue weighted by Crippen LogP contribution is -2.37. The van der Waals surface area contributed by atoms with Gasteiger partial charge in [-0.3, -0.25) is 4.79 Å². The quantitative estimate of drug-likeness (QED) is 0.721. The minimum atomic E-state index is -0.578. The first-order valence-corrected chi connectivity index (χ1v) is 8.34. The molecule has 1 atom stereocenters. The van der Waals surface area contributed by atoms with Crippen LogP contribution in [0.2, 0.25) is 0 Å². The van der Waals surface area contributed by atoms with Crippen molar-refractivity contribution in [2.45, 2.75) is 26.0 Å². The van der Waals surface area contributed by atoms with Gasteiger partial charge in [0.1, 0.15) is 11.6 Å². The first-order chi connectivity index (χ1) is 12.2. The molecular weight excluding hydrogens is 317 g/mol. The largest absolute Gasteiger partial charge is 0.480 e. The van der Waals surface area contributed by atoms with Crippen LogP contribution in [0.3, 0.4) is 0 Å². The summed E-state index contributed by atoms with van der Waals surface area (Å²) in [6, 6.07) is 19.8. The molecule has 0 bridgehead atoms. The van der Waals surface area contributed by atoms with Crippen LogP contribution >= 0.6 is 0 Å². The maximum absolute atomic E-state index is 12.9. The molecule has 3 aromatic rings. The monoisotopic (exact) mass is 337 g/mol. The Hall–Kier alpha value is -2.88. The second-order valence-electron chi connectivity index (χ2n) is 5.84. The Morgan fingerprint density at radius 1 is 1.04 bits per heavy atom. The Labute approximate surface area is 146 Å². The van der Waals surface area contributed by atoms with Crippen LogP contribution in [0.5, 0.6) is 5.75 Å². The third-order valence-electron chi connectivity index (χ3n) is 4.06. The highest BCUT2D eigenvalue weighted by molar-refractivity contribution is 5.89. The molecular formula is C21H20FNO2. The molecule has 0 aliphatic rings. The van der Waals surface area contributed by atoms with Gasteiger partial charge in [-0.25, -0.2) is 4.39 Å². The van der Waals surface area contributed by atoms with Crippen molar-refractivity contribution in [2.75, 3.05) is 0 Å². The highest BCUT2D eigenvalue weighted by Gasteiger charge is 2.19. The molecule has 4 heteroatoms. The number of fused-ring (bicyclic) bond motifs is 1. The van der Waals surface area contributed by atoms with E-state index in [0.29, 0.717) is 18.7 Å². The summed E-state index contributed by atoms with van der Waals surface area (Å²) >= 11 is 0. The molecule has 1 amide bonds. The van der Waals surface area contributed by atoms with Gasteiger partial charge in [0.2, 0.25) is 0 Å². The van der Waals surface area contributed by atoms with Gasteiger partial charge >= 0.3 is 0 Å². The van der Waals surface area contributed by atoms with Crippen LogP contribution in [0.15, 0.2) is 66.7 Å². The Bertz CT molecular complexity index is 856. The van der Waals surface area contributed by atoms with Crippen molar-refractivity contribution >= 4 is 16.7 Å². The van der Waals surface area contributed by atoms with Crippen LogP contribution < -0.4 is 10.1 Å². The zero-order valence-corrected chi connectivity index (χ0v) is 14.0. The predicted octanol–water partition coefficient (Wildman–Crippen LogP) is 4.45. The van der Waals surface area contributed by atoms with Gasteiger partial charge in [0.25, 0.3) is 5.91 Å². The molecule has 128 valence electrons. The Kier molecular flexibility index (Phi) is 5.29. The first-order valence-electron chi connectivity index (χ1n) is 8.34. The average Bonchev–Trinajstić information content (AvgIpc) is 2.65. The number of carbonyl (C=O) groups excluding carboxylic acids is 1. The van der Waals surface area contributed by atoms with Crippen molar-refractivity contribution in [3.8, 4) is 5.75 Å². The van der Waals surface area contributed by atoms with E-state index >= 15 is 0 Å². The fourth-order valence-electron chi connectivity index (χ4n) is 2.68. The Morgan fingerprint density at radius 3 is 2.52 bits per heavy atom. The highest BCUT2D eigenvalue weighted by Crippen LogP contribution is 2.26. The molecule has 3 nitrogen and oxygen atoms in total. The number of benzene rings is 3. The van der Waals surface area contributed by atoms with E-state index in [0.717, 1.165) is 16.3 Å². The molecule has 0 saturated heterocycles. The van der Waals surface area contributed by atoms with Crippen LogP contribution in [-0.4, -0.2) is 12.0 Å². The number of hydrogen-bond acceptors (Lipinski definition) is 2. The van der Waals surface area contributed by atoms with Gasteiger partial charge in [0.15, 0.2) is 6.10 Å². The number of carbonyl (C=O) groups is 1. The van der Waals surface area contributed by atoms with Gasteiger partial charge in [0, 0.05) is 11.9 Å². The molecule has 3 aromatic carbocycles. The Balaban J connectivity index is 1.68. The maximum Gasteiger partial charge on any atom is 0.261 e. The fourth-order valence-corrected chi connectivity index (χ4v) is 2.68. The number of amides is 1. The van der Waals surface area contributed by atoms with Crippen molar-refractivity contribution in [3.05, 3.63) is 78.1 Å². The average molecular weight is 337 g/mol. The predicted molar refractivity (Wildman–Crippen MR) is 96.9 cm³/mol. The molecule has 25 heavy (non-hydrogen) atoms. The van der Waals surface area contributed by atoms with Gasteiger partial charge in [-0.15, -0.1) is 0 Å². The fraction of sp³-hybridized carbons (Fsp3) is 0.190. The number of ether oxygens (including phenoxy) is 1. The van der Waals surface area contributed by atoms with Crippen molar-refractivity contribution in [2.24, 2.45) is 0 Å². The SMILES string of the molecule is CC[C@@H](Oc1cccc2ccccc12)C(=O)NCc1ccc(F)cc1. The van der Waals surface area contributed by atoms with Crippen molar-refractivity contribution < 1.29 is 13.9 Å².